The first-order valence-corrected chi connectivity index (χ1v) is 12.1. The van der Waals surface area contributed by atoms with Crippen molar-refractivity contribution in [2.24, 2.45) is 11.8 Å². The van der Waals surface area contributed by atoms with Gasteiger partial charge in [-0.3, -0.25) is 9.36 Å². The molecule has 0 saturated heterocycles. The summed E-state index contributed by atoms with van der Waals surface area (Å²) in [4.78, 5) is 20.7. The van der Waals surface area contributed by atoms with Crippen molar-refractivity contribution in [3.8, 4) is 5.69 Å². The summed E-state index contributed by atoms with van der Waals surface area (Å²) in [6.45, 7) is 9.38. The zero-order valence-corrected chi connectivity index (χ0v) is 19.1. The second-order valence-corrected chi connectivity index (χ2v) is 10.5. The first-order chi connectivity index (χ1) is 14.0. The van der Waals surface area contributed by atoms with E-state index in [1.54, 1.807) is 27.7 Å². The van der Waals surface area contributed by atoms with Crippen LogP contribution in [0.1, 0.15) is 44.6 Å². The van der Waals surface area contributed by atoms with Gasteiger partial charge in [-0.2, -0.15) is 0 Å². The van der Waals surface area contributed by atoms with Crippen LogP contribution in [0.15, 0.2) is 40.3 Å². The molecule has 4 nitrogen and oxygen atoms in total. The van der Waals surface area contributed by atoms with Gasteiger partial charge in [0.25, 0.3) is 5.56 Å². The lowest BCUT2D eigenvalue weighted by Crippen LogP contribution is -2.28. The summed E-state index contributed by atoms with van der Waals surface area (Å²) in [7, 11) is 0. The summed E-state index contributed by atoms with van der Waals surface area (Å²) >= 11 is 3.30. The van der Waals surface area contributed by atoms with E-state index in [-0.39, 0.29) is 11.7 Å². The molecule has 0 bridgehead atoms. The van der Waals surface area contributed by atoms with E-state index in [0.29, 0.717) is 18.4 Å². The van der Waals surface area contributed by atoms with Gasteiger partial charge in [-0.15, -0.1) is 11.3 Å². The highest BCUT2D eigenvalue weighted by Crippen LogP contribution is 2.36. The molecule has 154 valence electrons. The Balaban J connectivity index is 1.86. The van der Waals surface area contributed by atoms with Gasteiger partial charge in [0, 0.05) is 17.1 Å². The van der Waals surface area contributed by atoms with Crippen molar-refractivity contribution >= 4 is 33.3 Å². The van der Waals surface area contributed by atoms with Crippen LogP contribution in [0.3, 0.4) is 0 Å². The number of thioether (sulfide) groups is 1. The maximum absolute atomic E-state index is 13.7. The lowest BCUT2D eigenvalue weighted by atomic mass is 9.96. The maximum Gasteiger partial charge on any atom is 0.267 e. The molecule has 0 aliphatic carbocycles. The number of aromatic nitrogens is 2. The summed E-state index contributed by atoms with van der Waals surface area (Å²) < 4.78 is 7.85. The van der Waals surface area contributed by atoms with E-state index in [0.717, 1.165) is 50.1 Å². The number of para-hydroxylation sites is 1. The highest BCUT2D eigenvalue weighted by Gasteiger charge is 2.28. The zero-order valence-electron chi connectivity index (χ0n) is 17.5. The molecule has 0 spiro atoms. The quantitative estimate of drug-likeness (QED) is 0.374. The molecule has 0 fully saturated rings. The van der Waals surface area contributed by atoms with Crippen LogP contribution < -0.4 is 5.56 Å². The van der Waals surface area contributed by atoms with E-state index in [1.807, 2.05) is 30.3 Å². The van der Waals surface area contributed by atoms with Crippen LogP contribution in [0, 0.1) is 11.8 Å². The van der Waals surface area contributed by atoms with Gasteiger partial charge in [-0.25, -0.2) is 4.98 Å². The maximum atomic E-state index is 13.7. The Labute approximate surface area is 180 Å². The second kappa shape index (κ2) is 8.62. The summed E-state index contributed by atoms with van der Waals surface area (Å²) in [5.41, 5.74) is 2.08. The molecule has 0 radical (unpaired) electrons. The standard InChI is InChI=1S/C23H28N2O2S2/c1-14(2)10-11-28-23-24-21-20(22(26)25(23)16-8-6-5-7-9-16)17-12-18(15(3)4)27-13-19(17)29-21/h5-9,14-15,18H,10-13H2,1-4H3/t18-/m0/s1. The highest BCUT2D eigenvalue weighted by atomic mass is 32.2. The molecule has 3 heterocycles. The zero-order chi connectivity index (χ0) is 20.5. The van der Waals surface area contributed by atoms with Crippen LogP contribution in [0.2, 0.25) is 0 Å². The topological polar surface area (TPSA) is 44.1 Å². The lowest BCUT2D eigenvalue weighted by Gasteiger charge is -2.26. The van der Waals surface area contributed by atoms with E-state index < -0.39 is 0 Å². The van der Waals surface area contributed by atoms with Crippen molar-refractivity contribution in [2.45, 2.75) is 58.4 Å². The fraction of sp³-hybridized carbons (Fsp3) is 0.478. The average Bonchev–Trinajstić information content (AvgIpc) is 3.06. The SMILES string of the molecule is CC(C)CCSc1nc2sc3c(c2c(=O)n1-c1ccccc1)C[C@@H](C(C)C)OC3. The number of hydrogen-bond donors (Lipinski definition) is 0. The predicted octanol–water partition coefficient (Wildman–Crippen LogP) is 5.68. The fourth-order valence-electron chi connectivity index (χ4n) is 3.62. The molecule has 2 aromatic heterocycles. The van der Waals surface area contributed by atoms with Gasteiger partial charge in [0.2, 0.25) is 0 Å². The molecule has 3 aromatic rings. The molecule has 0 saturated carbocycles. The number of rotatable bonds is 6. The number of hydrogen-bond acceptors (Lipinski definition) is 5. The van der Waals surface area contributed by atoms with Gasteiger partial charge < -0.3 is 4.74 Å². The molecule has 1 atom stereocenters. The van der Waals surface area contributed by atoms with Gasteiger partial charge in [0.1, 0.15) is 4.83 Å². The van der Waals surface area contributed by atoms with E-state index >= 15 is 0 Å². The third-order valence-electron chi connectivity index (χ3n) is 5.40. The van der Waals surface area contributed by atoms with E-state index in [9.17, 15) is 4.79 Å². The van der Waals surface area contributed by atoms with Crippen molar-refractivity contribution in [1.29, 1.82) is 0 Å². The fourth-order valence-corrected chi connectivity index (χ4v) is 6.04. The molecule has 29 heavy (non-hydrogen) atoms. The normalized spacial score (nSPS) is 16.7. The van der Waals surface area contributed by atoms with Gasteiger partial charge >= 0.3 is 0 Å². The average molecular weight is 429 g/mol. The summed E-state index contributed by atoms with van der Waals surface area (Å²) in [6, 6.07) is 9.89. The summed E-state index contributed by atoms with van der Waals surface area (Å²) in [6.07, 6.45) is 2.04. The first-order valence-electron chi connectivity index (χ1n) is 10.3. The van der Waals surface area contributed by atoms with Crippen molar-refractivity contribution in [2.75, 3.05) is 5.75 Å². The molecule has 4 rings (SSSR count). The number of benzene rings is 1. The Morgan fingerprint density at radius 2 is 2.00 bits per heavy atom. The van der Waals surface area contributed by atoms with Gasteiger partial charge in [0.05, 0.1) is 23.8 Å². The van der Waals surface area contributed by atoms with Crippen molar-refractivity contribution in [1.82, 2.24) is 9.55 Å². The lowest BCUT2D eigenvalue weighted by molar-refractivity contribution is 0.00200. The summed E-state index contributed by atoms with van der Waals surface area (Å²) in [5, 5.41) is 1.57. The van der Waals surface area contributed by atoms with Crippen molar-refractivity contribution in [3.05, 3.63) is 51.1 Å². The predicted molar refractivity (Wildman–Crippen MR) is 123 cm³/mol. The molecular weight excluding hydrogens is 400 g/mol. The monoisotopic (exact) mass is 428 g/mol. The molecule has 1 aromatic carbocycles. The van der Waals surface area contributed by atoms with Crippen molar-refractivity contribution < 1.29 is 4.74 Å². The Kier molecular flexibility index (Phi) is 6.13. The third kappa shape index (κ3) is 4.16. The Morgan fingerprint density at radius 1 is 1.24 bits per heavy atom. The molecule has 6 heteroatoms. The summed E-state index contributed by atoms with van der Waals surface area (Å²) in [5.74, 6) is 2.00. The molecule has 0 N–H and O–H groups in total. The van der Waals surface area contributed by atoms with Crippen LogP contribution in [0.25, 0.3) is 15.9 Å². The molecule has 1 aliphatic rings. The van der Waals surface area contributed by atoms with Gasteiger partial charge in [-0.05, 0) is 36.0 Å². The first kappa shape index (κ1) is 20.6. The minimum atomic E-state index is 0.0511. The number of ether oxygens (including phenoxy) is 1. The van der Waals surface area contributed by atoms with Crippen LogP contribution >= 0.6 is 23.1 Å². The van der Waals surface area contributed by atoms with Crippen molar-refractivity contribution in [3.63, 3.8) is 0 Å². The third-order valence-corrected chi connectivity index (χ3v) is 7.47. The van der Waals surface area contributed by atoms with Gasteiger partial charge in [0.15, 0.2) is 5.16 Å². The second-order valence-electron chi connectivity index (χ2n) is 8.38. The van der Waals surface area contributed by atoms with E-state index in [1.165, 1.54) is 0 Å². The Hall–Kier alpha value is -1.63. The van der Waals surface area contributed by atoms with E-state index in [2.05, 4.69) is 27.7 Å². The van der Waals surface area contributed by atoms with Crippen LogP contribution in [0.4, 0.5) is 0 Å². The van der Waals surface area contributed by atoms with Crippen LogP contribution in [-0.4, -0.2) is 21.4 Å². The Morgan fingerprint density at radius 3 is 2.69 bits per heavy atom. The number of nitrogens with zero attached hydrogens (tertiary/aromatic N) is 2. The molecule has 1 aliphatic heterocycles. The minimum absolute atomic E-state index is 0.0511. The molecule has 0 unspecified atom stereocenters. The minimum Gasteiger partial charge on any atom is -0.372 e. The molecular formula is C23H28N2O2S2. The largest absolute Gasteiger partial charge is 0.372 e. The van der Waals surface area contributed by atoms with E-state index in [4.69, 9.17) is 9.72 Å². The molecule has 0 amide bonds. The highest BCUT2D eigenvalue weighted by molar-refractivity contribution is 7.99. The van der Waals surface area contributed by atoms with Crippen LogP contribution in [0.5, 0.6) is 0 Å². The smallest absolute Gasteiger partial charge is 0.267 e. The van der Waals surface area contributed by atoms with Crippen LogP contribution in [-0.2, 0) is 17.8 Å². The van der Waals surface area contributed by atoms with Gasteiger partial charge in [-0.1, -0.05) is 57.7 Å². The Bertz CT molecular complexity index is 1050. The number of fused-ring (bicyclic) bond motifs is 3. The number of thiophene rings is 1.